The van der Waals surface area contributed by atoms with Gasteiger partial charge in [0, 0.05) is 5.75 Å². The Kier molecular flexibility index (Phi) is 7.83. The zero-order valence-electron chi connectivity index (χ0n) is 21.8. The van der Waals surface area contributed by atoms with Crippen LogP contribution in [0.25, 0.3) is 0 Å². The summed E-state index contributed by atoms with van der Waals surface area (Å²) in [6, 6.07) is 14.5. The fraction of sp³-hybridized carbons (Fsp3) is 0.250. The number of rotatable bonds is 9. The maximum absolute atomic E-state index is 13.8. The molecule has 1 atom stereocenters. The Labute approximate surface area is 238 Å². The summed E-state index contributed by atoms with van der Waals surface area (Å²) in [5, 5.41) is 20.7. The van der Waals surface area contributed by atoms with E-state index < -0.39 is 23.5 Å². The lowest BCUT2D eigenvalue weighted by molar-refractivity contribution is -0.117. The highest BCUT2D eigenvalue weighted by Crippen LogP contribution is 2.44. The van der Waals surface area contributed by atoms with Gasteiger partial charge in [0.25, 0.3) is 5.91 Å². The third kappa shape index (κ3) is 5.47. The van der Waals surface area contributed by atoms with Crippen molar-refractivity contribution in [1.29, 1.82) is 0 Å². The number of Topliss-reactive ketones (excluding diaryl/α,β-unsaturated/α-hetero) is 1. The molecule has 1 aliphatic heterocycles. The van der Waals surface area contributed by atoms with Gasteiger partial charge in [-0.3, -0.25) is 14.5 Å². The van der Waals surface area contributed by atoms with E-state index in [1.54, 1.807) is 31.2 Å². The van der Waals surface area contributed by atoms with Gasteiger partial charge in [-0.15, -0.1) is 21.5 Å². The second-order valence-corrected chi connectivity index (χ2v) is 12.3. The van der Waals surface area contributed by atoms with E-state index >= 15 is 0 Å². The van der Waals surface area contributed by atoms with Gasteiger partial charge >= 0.3 is 0 Å². The molecule has 8 nitrogen and oxygen atoms in total. The van der Waals surface area contributed by atoms with Crippen molar-refractivity contribution in [2.24, 2.45) is 0 Å². The van der Waals surface area contributed by atoms with Gasteiger partial charge in [-0.05, 0) is 51.0 Å². The molecule has 200 valence electrons. The van der Waals surface area contributed by atoms with Crippen molar-refractivity contribution in [2.45, 2.75) is 43.8 Å². The number of thiazole rings is 1. The van der Waals surface area contributed by atoms with Crippen LogP contribution in [0.2, 0.25) is 0 Å². The van der Waals surface area contributed by atoms with Gasteiger partial charge in [0.2, 0.25) is 10.9 Å². The number of aromatic nitrogens is 3. The van der Waals surface area contributed by atoms with Crippen LogP contribution in [0.4, 0.5) is 5.13 Å². The fourth-order valence-corrected chi connectivity index (χ4v) is 7.01. The van der Waals surface area contributed by atoms with Crippen LogP contribution in [0.1, 0.15) is 50.0 Å². The second kappa shape index (κ2) is 11.3. The van der Waals surface area contributed by atoms with E-state index in [0.717, 1.165) is 10.6 Å². The lowest BCUT2D eigenvalue weighted by Gasteiger charge is -2.24. The Hall–Kier alpha value is -3.54. The Morgan fingerprint density at radius 2 is 1.77 bits per heavy atom. The van der Waals surface area contributed by atoms with Gasteiger partial charge in [0.05, 0.1) is 33.8 Å². The smallest absolute Gasteiger partial charge is 0.296 e. The molecular formula is C28H26N4O4S3. The first kappa shape index (κ1) is 27.0. The van der Waals surface area contributed by atoms with E-state index in [0.29, 0.717) is 43.7 Å². The van der Waals surface area contributed by atoms with Crippen molar-refractivity contribution in [3.8, 4) is 5.75 Å². The molecule has 0 saturated carbocycles. The monoisotopic (exact) mass is 578 g/mol. The molecule has 39 heavy (non-hydrogen) atoms. The fourth-order valence-electron chi connectivity index (χ4n) is 4.31. The molecule has 3 heterocycles. The van der Waals surface area contributed by atoms with Crippen LogP contribution in [0, 0.1) is 20.8 Å². The van der Waals surface area contributed by atoms with Gasteiger partial charge in [0.1, 0.15) is 5.75 Å². The minimum absolute atomic E-state index is 0.0000293. The molecule has 0 fully saturated rings. The number of amides is 1. The van der Waals surface area contributed by atoms with Gasteiger partial charge < -0.3 is 9.84 Å². The molecule has 1 unspecified atom stereocenters. The highest BCUT2D eigenvalue weighted by atomic mass is 32.2. The van der Waals surface area contributed by atoms with Crippen LogP contribution in [0.3, 0.4) is 0 Å². The summed E-state index contributed by atoms with van der Waals surface area (Å²) in [6.07, 6.45) is 0. The maximum atomic E-state index is 13.8. The predicted molar refractivity (Wildman–Crippen MR) is 154 cm³/mol. The van der Waals surface area contributed by atoms with E-state index in [9.17, 15) is 14.7 Å². The summed E-state index contributed by atoms with van der Waals surface area (Å²) < 4.78 is 6.25. The Balaban J connectivity index is 1.50. The number of aliphatic hydroxyl groups excluding tert-OH is 1. The van der Waals surface area contributed by atoms with E-state index in [1.807, 2.05) is 20.8 Å². The van der Waals surface area contributed by atoms with E-state index in [2.05, 4.69) is 39.4 Å². The molecule has 0 bridgehead atoms. The number of carbonyl (C=O) groups excluding carboxylic acids is 2. The number of ether oxygens (including phenoxy) is 1. The first-order valence-electron chi connectivity index (χ1n) is 12.3. The van der Waals surface area contributed by atoms with Crippen molar-refractivity contribution in [3.05, 3.63) is 92.1 Å². The molecule has 0 spiro atoms. The Bertz CT molecular complexity index is 1560. The average Bonchev–Trinajstić information content (AvgIpc) is 3.60. The van der Waals surface area contributed by atoms with E-state index in [-0.39, 0.29) is 5.57 Å². The first-order valence-corrected chi connectivity index (χ1v) is 14.9. The normalized spacial score (nSPS) is 15.3. The van der Waals surface area contributed by atoms with E-state index in [4.69, 9.17) is 4.74 Å². The minimum atomic E-state index is -0.884. The molecule has 2 aromatic heterocycles. The van der Waals surface area contributed by atoms with Crippen molar-refractivity contribution < 1.29 is 19.4 Å². The largest absolute Gasteiger partial charge is 0.503 e. The number of thioether (sulfide) groups is 1. The topological polar surface area (TPSA) is 106 Å². The van der Waals surface area contributed by atoms with Crippen LogP contribution in [0.5, 0.6) is 5.75 Å². The van der Waals surface area contributed by atoms with Crippen molar-refractivity contribution in [2.75, 3.05) is 11.5 Å². The minimum Gasteiger partial charge on any atom is -0.503 e. The summed E-state index contributed by atoms with van der Waals surface area (Å²) in [5.41, 5.74) is 3.54. The van der Waals surface area contributed by atoms with Crippen LogP contribution in [-0.2, 0) is 10.5 Å². The number of aryl methyl sites for hydroxylation is 3. The SMILES string of the molecule is CCOc1ccc(C2C(C(=O)c3sc(C)nc3C)=C(O)C(=O)N2c2nnc(SCc3ccc(C)cc3)s2)cc1. The van der Waals surface area contributed by atoms with Crippen LogP contribution >= 0.6 is 34.4 Å². The number of nitrogens with zero attached hydrogens (tertiary/aromatic N) is 4. The molecule has 1 N–H and O–H groups in total. The average molecular weight is 579 g/mol. The number of hydrogen-bond acceptors (Lipinski definition) is 10. The molecule has 2 aromatic carbocycles. The van der Waals surface area contributed by atoms with Gasteiger partial charge in [-0.2, -0.15) is 0 Å². The molecule has 1 aliphatic rings. The second-order valence-electron chi connectivity index (χ2n) is 8.94. The maximum Gasteiger partial charge on any atom is 0.296 e. The first-order chi connectivity index (χ1) is 18.8. The molecule has 0 aliphatic carbocycles. The zero-order valence-corrected chi connectivity index (χ0v) is 24.2. The highest BCUT2D eigenvalue weighted by molar-refractivity contribution is 8.00. The summed E-state index contributed by atoms with van der Waals surface area (Å²) in [4.78, 5) is 33.4. The zero-order chi connectivity index (χ0) is 27.7. The number of anilines is 1. The van der Waals surface area contributed by atoms with Crippen LogP contribution in [0.15, 0.2) is 64.2 Å². The number of hydrogen-bond donors (Lipinski definition) is 1. The summed E-state index contributed by atoms with van der Waals surface area (Å²) in [7, 11) is 0. The number of carbonyl (C=O) groups is 2. The van der Waals surface area contributed by atoms with Crippen LogP contribution in [-0.4, -0.2) is 38.6 Å². The van der Waals surface area contributed by atoms with Gasteiger partial charge in [-0.1, -0.05) is 65.1 Å². The standard InChI is InChI=1S/C28H26N4O4S3/c1-5-36-20-12-10-19(11-13-20)22-21(23(33)25-16(3)29-17(4)38-25)24(34)26(35)32(22)27-30-31-28(39-27)37-14-18-8-6-15(2)7-9-18/h6-13,22,34H,5,14H2,1-4H3. The number of aliphatic hydroxyl groups is 1. The molecule has 11 heteroatoms. The highest BCUT2D eigenvalue weighted by Gasteiger charge is 2.46. The predicted octanol–water partition coefficient (Wildman–Crippen LogP) is 6.39. The Morgan fingerprint density at radius 1 is 1.05 bits per heavy atom. The van der Waals surface area contributed by atoms with Crippen molar-refractivity contribution in [1.82, 2.24) is 15.2 Å². The molecule has 0 radical (unpaired) electrons. The third-order valence-corrected chi connectivity index (χ3v) is 9.35. The lowest BCUT2D eigenvalue weighted by atomic mass is 9.95. The van der Waals surface area contributed by atoms with Crippen molar-refractivity contribution >= 4 is 51.3 Å². The van der Waals surface area contributed by atoms with Gasteiger partial charge in [0.15, 0.2) is 10.1 Å². The lowest BCUT2D eigenvalue weighted by Crippen LogP contribution is -2.31. The summed E-state index contributed by atoms with van der Waals surface area (Å²) >= 11 is 4.00. The third-order valence-electron chi connectivity index (χ3n) is 6.15. The Morgan fingerprint density at radius 3 is 2.41 bits per heavy atom. The summed E-state index contributed by atoms with van der Waals surface area (Å²) in [6.45, 7) is 8.01. The number of ketones is 1. The van der Waals surface area contributed by atoms with E-state index in [1.165, 1.54) is 44.9 Å². The van der Waals surface area contributed by atoms with Crippen LogP contribution < -0.4 is 9.64 Å². The van der Waals surface area contributed by atoms with Gasteiger partial charge in [-0.25, -0.2) is 4.98 Å². The molecular weight excluding hydrogens is 553 g/mol. The van der Waals surface area contributed by atoms with Crippen molar-refractivity contribution in [3.63, 3.8) is 0 Å². The quantitative estimate of drug-likeness (QED) is 0.138. The molecule has 4 aromatic rings. The molecule has 1 amide bonds. The number of benzene rings is 2. The summed E-state index contributed by atoms with van der Waals surface area (Å²) in [5.74, 6) is -0.347. The molecule has 5 rings (SSSR count). The molecule has 0 saturated heterocycles.